The minimum Gasteiger partial charge on any atom is -0.547 e. The third kappa shape index (κ3) is 6.40. The van der Waals surface area contributed by atoms with E-state index in [1.165, 1.54) is 4.90 Å². The number of allylic oxidation sites excluding steroid dienone is 1. The number of ether oxygens (including phenoxy) is 4. The third-order valence-electron chi connectivity index (χ3n) is 9.18. The Labute approximate surface area is 295 Å². The molecule has 0 spiro atoms. The molecule has 5 aromatic rings. The Morgan fingerprint density at radius 3 is 2.33 bits per heavy atom. The molecule has 4 atom stereocenters. The fraction of sp³-hybridized carbons (Fsp3) is 0.237. The van der Waals surface area contributed by atoms with Gasteiger partial charge in [-0.25, -0.2) is 4.98 Å². The maximum Gasteiger partial charge on any atom is 0.255 e. The van der Waals surface area contributed by atoms with Crippen LogP contribution in [0.3, 0.4) is 0 Å². The zero-order chi connectivity index (χ0) is 36.6. The number of amides is 1. The van der Waals surface area contributed by atoms with Crippen LogP contribution in [0.4, 0.5) is 0 Å². The van der Waals surface area contributed by atoms with Gasteiger partial charge in [0.1, 0.15) is 23.6 Å². The SMILES string of the molecule is C[C@H]([C@@H](C/C=C/c1nc2ccccc2o1)c1ccc2c(c1)OCO2)N(Cc1ccc2ccccc2c1)C(=O)[C@@H]1OC(C(=O)[O-])(C(=O)[O-])O[C@@H]1C(=O)[O-]. The Morgan fingerprint density at radius 1 is 0.865 bits per heavy atom. The van der Waals surface area contributed by atoms with E-state index in [2.05, 4.69) is 4.98 Å². The number of carboxylic acid groups (broad SMARTS) is 3. The molecule has 1 saturated heterocycles. The second-order valence-corrected chi connectivity index (χ2v) is 12.4. The number of para-hydroxylation sites is 2. The van der Waals surface area contributed by atoms with Crippen LogP contribution in [0.25, 0.3) is 27.9 Å². The number of hydrogen-bond donors (Lipinski definition) is 0. The van der Waals surface area contributed by atoms with E-state index in [0.29, 0.717) is 39.6 Å². The summed E-state index contributed by atoms with van der Waals surface area (Å²) in [5, 5.41) is 37.8. The zero-order valence-corrected chi connectivity index (χ0v) is 27.5. The largest absolute Gasteiger partial charge is 0.547 e. The number of oxazole rings is 1. The van der Waals surface area contributed by atoms with Gasteiger partial charge >= 0.3 is 0 Å². The smallest absolute Gasteiger partial charge is 0.255 e. The van der Waals surface area contributed by atoms with Gasteiger partial charge in [-0.3, -0.25) is 4.79 Å². The van der Waals surface area contributed by atoms with E-state index in [4.69, 9.17) is 23.4 Å². The molecule has 0 radical (unpaired) electrons. The summed E-state index contributed by atoms with van der Waals surface area (Å²) in [6.45, 7) is 1.60. The number of carboxylic acids is 3. The molecule has 0 unspecified atom stereocenters. The first-order chi connectivity index (χ1) is 25.0. The quantitative estimate of drug-likeness (QED) is 0.167. The van der Waals surface area contributed by atoms with E-state index in [1.54, 1.807) is 43.3 Å². The summed E-state index contributed by atoms with van der Waals surface area (Å²) in [6.07, 6.45) is -0.925. The maximum absolute atomic E-state index is 14.5. The van der Waals surface area contributed by atoms with E-state index >= 15 is 0 Å². The molecule has 0 N–H and O–H groups in total. The van der Waals surface area contributed by atoms with Gasteiger partial charge in [-0.15, -0.1) is 0 Å². The van der Waals surface area contributed by atoms with Crippen molar-refractivity contribution in [2.24, 2.45) is 0 Å². The normalized spacial score (nSPS) is 18.8. The fourth-order valence-electron chi connectivity index (χ4n) is 6.51. The molecule has 52 heavy (non-hydrogen) atoms. The molecule has 4 aromatic carbocycles. The predicted octanol–water partition coefficient (Wildman–Crippen LogP) is 1.04. The van der Waals surface area contributed by atoms with Gasteiger partial charge in [-0.1, -0.05) is 60.7 Å². The lowest BCUT2D eigenvalue weighted by Crippen LogP contribution is -2.61. The lowest BCUT2D eigenvalue weighted by molar-refractivity contribution is -0.375. The van der Waals surface area contributed by atoms with E-state index < -0.39 is 53.8 Å². The van der Waals surface area contributed by atoms with Crippen LogP contribution in [0.1, 0.15) is 36.3 Å². The lowest BCUT2D eigenvalue weighted by atomic mass is 9.87. The minimum absolute atomic E-state index is 0.0193. The number of fused-ring (bicyclic) bond motifs is 3. The first kappa shape index (κ1) is 34.2. The molecule has 14 heteroatoms. The van der Waals surface area contributed by atoms with Gasteiger partial charge in [0, 0.05) is 18.5 Å². The number of carbonyl (C=O) groups excluding carboxylic acids is 4. The summed E-state index contributed by atoms with van der Waals surface area (Å²) in [6, 6.07) is 24.8. The average molecular weight is 706 g/mol. The van der Waals surface area contributed by atoms with Crippen molar-refractivity contribution in [2.45, 2.75) is 49.8 Å². The molecular formula is C38H29N2O12-3. The molecule has 14 nitrogen and oxygen atoms in total. The first-order valence-electron chi connectivity index (χ1n) is 16.2. The van der Waals surface area contributed by atoms with E-state index in [0.717, 1.165) is 10.8 Å². The third-order valence-corrected chi connectivity index (χ3v) is 9.18. The molecular weight excluding hydrogens is 676 g/mol. The highest BCUT2D eigenvalue weighted by Crippen LogP contribution is 2.39. The fourth-order valence-corrected chi connectivity index (χ4v) is 6.51. The molecule has 1 amide bonds. The first-order valence-corrected chi connectivity index (χ1v) is 16.2. The lowest BCUT2D eigenvalue weighted by Gasteiger charge is -2.37. The van der Waals surface area contributed by atoms with Gasteiger partial charge in [-0.2, -0.15) is 0 Å². The highest BCUT2D eigenvalue weighted by Gasteiger charge is 2.55. The summed E-state index contributed by atoms with van der Waals surface area (Å²) in [4.78, 5) is 56.4. The van der Waals surface area contributed by atoms with Crippen molar-refractivity contribution in [3.05, 3.63) is 108 Å². The topological polar surface area (TPSA) is 204 Å². The Morgan fingerprint density at radius 2 is 1.58 bits per heavy atom. The molecule has 1 fully saturated rings. The zero-order valence-electron chi connectivity index (χ0n) is 27.5. The number of nitrogens with zero attached hydrogens (tertiary/aromatic N) is 2. The van der Waals surface area contributed by atoms with Crippen LogP contribution < -0.4 is 24.8 Å². The van der Waals surface area contributed by atoms with E-state index in [1.807, 2.05) is 60.7 Å². The van der Waals surface area contributed by atoms with Crippen molar-refractivity contribution in [1.29, 1.82) is 0 Å². The van der Waals surface area contributed by atoms with Crippen molar-refractivity contribution >= 4 is 51.8 Å². The Hall–Kier alpha value is -6.25. The van der Waals surface area contributed by atoms with Gasteiger partial charge < -0.3 is 58.0 Å². The second kappa shape index (κ2) is 13.8. The molecule has 7 rings (SSSR count). The van der Waals surface area contributed by atoms with Crippen LogP contribution >= 0.6 is 0 Å². The van der Waals surface area contributed by atoms with Crippen molar-refractivity contribution in [1.82, 2.24) is 9.88 Å². The molecule has 3 heterocycles. The molecule has 2 aliphatic rings. The van der Waals surface area contributed by atoms with Crippen LogP contribution in [0, 0.1) is 0 Å². The highest BCUT2D eigenvalue weighted by atomic mass is 16.8. The van der Waals surface area contributed by atoms with Gasteiger partial charge in [0.15, 0.2) is 23.2 Å². The molecule has 0 saturated carbocycles. The van der Waals surface area contributed by atoms with Crippen molar-refractivity contribution < 1.29 is 57.9 Å². The van der Waals surface area contributed by atoms with E-state index in [-0.39, 0.29) is 19.8 Å². The van der Waals surface area contributed by atoms with Crippen LogP contribution in [-0.4, -0.2) is 64.5 Å². The van der Waals surface area contributed by atoms with Gasteiger partial charge in [0.2, 0.25) is 12.7 Å². The van der Waals surface area contributed by atoms with E-state index in [9.17, 15) is 34.5 Å². The van der Waals surface area contributed by atoms with Crippen LogP contribution in [0.2, 0.25) is 0 Å². The predicted molar refractivity (Wildman–Crippen MR) is 174 cm³/mol. The van der Waals surface area contributed by atoms with Gasteiger partial charge in [0.25, 0.3) is 11.7 Å². The summed E-state index contributed by atoms with van der Waals surface area (Å²) < 4.78 is 26.9. The number of aromatic nitrogens is 1. The standard InChI is InChI=1S/C38H32N2O12/c1-21(26(25-15-16-29-30(18-25)49-20-48-29)9-6-12-31-39-27-10-4-5-11-28(27)50-31)40(19-22-13-14-23-7-2-3-8-24(23)17-22)34(41)32-33(35(42)43)52-38(51-32,36(44)45)37(46)47/h2-8,10-18,21,26,32-33H,9,19-20H2,1H3,(H,42,43)(H,44,45)(H,46,47)/p-3/b12-6+/t21-,26-,32-,33+/m1/s1. The Bertz CT molecular complexity index is 2180. The van der Waals surface area contributed by atoms with Crippen LogP contribution in [-0.2, 0) is 35.2 Å². The molecule has 0 aliphatic carbocycles. The van der Waals surface area contributed by atoms with Crippen molar-refractivity contribution in [2.75, 3.05) is 6.79 Å². The average Bonchev–Trinajstić information content (AvgIpc) is 3.89. The number of aliphatic carboxylic acids is 3. The van der Waals surface area contributed by atoms with Crippen LogP contribution in [0.15, 0.2) is 95.4 Å². The Balaban J connectivity index is 1.29. The summed E-state index contributed by atoms with van der Waals surface area (Å²) in [5.41, 5.74) is 2.59. The molecule has 0 bridgehead atoms. The maximum atomic E-state index is 14.5. The molecule has 266 valence electrons. The number of rotatable bonds is 12. The van der Waals surface area contributed by atoms with Gasteiger partial charge in [-0.05, 0) is 71.7 Å². The summed E-state index contributed by atoms with van der Waals surface area (Å²) in [5.74, 6) is -10.9. The summed E-state index contributed by atoms with van der Waals surface area (Å²) in [7, 11) is 0. The number of carbonyl (C=O) groups is 4. The second-order valence-electron chi connectivity index (χ2n) is 12.4. The Kier molecular flexibility index (Phi) is 9.09. The number of benzene rings is 4. The highest BCUT2D eigenvalue weighted by molar-refractivity contribution is 6.00. The monoisotopic (exact) mass is 705 g/mol. The minimum atomic E-state index is -3.68. The van der Waals surface area contributed by atoms with Gasteiger partial charge in [0.05, 0.1) is 5.97 Å². The molecule has 2 aliphatic heterocycles. The number of hydrogen-bond acceptors (Lipinski definition) is 13. The van der Waals surface area contributed by atoms with Crippen molar-refractivity contribution in [3.63, 3.8) is 0 Å². The summed E-state index contributed by atoms with van der Waals surface area (Å²) >= 11 is 0. The van der Waals surface area contributed by atoms with Crippen molar-refractivity contribution in [3.8, 4) is 11.5 Å². The van der Waals surface area contributed by atoms with Crippen LogP contribution in [0.5, 0.6) is 11.5 Å². The molecule has 1 aromatic heterocycles.